The molecule has 1 atom stereocenters. The van der Waals surface area contributed by atoms with Gasteiger partial charge in [0, 0.05) is 6.61 Å². The van der Waals surface area contributed by atoms with E-state index in [0.29, 0.717) is 6.61 Å². The van der Waals surface area contributed by atoms with Crippen molar-refractivity contribution in [2.75, 3.05) is 6.61 Å². The third-order valence-electron chi connectivity index (χ3n) is 1.80. The van der Waals surface area contributed by atoms with E-state index >= 15 is 0 Å². The minimum absolute atomic E-state index is 0.0195. The Hall–Kier alpha value is 1.17. The fourth-order valence-corrected chi connectivity index (χ4v) is 3.10. The highest BCUT2D eigenvalue weighted by atomic mass is 79.9. The quantitative estimate of drug-likeness (QED) is 0.519. The van der Waals surface area contributed by atoms with Gasteiger partial charge in [-0.25, -0.2) is 0 Å². The van der Waals surface area contributed by atoms with Crippen LogP contribution in [0, 0.1) is 0 Å². The third kappa shape index (κ3) is 8.18. The van der Waals surface area contributed by atoms with E-state index in [-0.39, 0.29) is 30.1 Å². The molecule has 0 bridgehead atoms. The van der Waals surface area contributed by atoms with Crippen LogP contribution in [0.2, 0.25) is 4.55 Å². The minimum atomic E-state index is -0.0861. The molecule has 2 nitrogen and oxygen atoms in total. The maximum absolute atomic E-state index is 5.76. The Labute approximate surface area is 97.3 Å². The predicted octanol–water partition coefficient (Wildman–Crippen LogP) is 2.99. The molecule has 0 saturated carbocycles. The average Bonchev–Trinajstić information content (AvgIpc) is 2.00. The van der Waals surface area contributed by atoms with E-state index in [1.54, 1.807) is 0 Å². The lowest BCUT2D eigenvalue weighted by molar-refractivity contribution is -0.189. The molecule has 0 rings (SSSR count). The molecule has 76 valence electrons. The number of rotatable bonds is 7. The molecule has 0 heterocycles. The van der Waals surface area contributed by atoms with Crippen molar-refractivity contribution in [3.63, 3.8) is 0 Å². The van der Waals surface area contributed by atoms with Crippen LogP contribution in [0.4, 0.5) is 0 Å². The van der Waals surface area contributed by atoms with Crippen LogP contribution in [0.1, 0.15) is 34.1 Å². The molecule has 0 amide bonds. The lowest BCUT2D eigenvalue weighted by Crippen LogP contribution is -2.30. The van der Waals surface area contributed by atoms with Gasteiger partial charge in [0.05, 0.1) is 5.60 Å². The summed E-state index contributed by atoms with van der Waals surface area (Å²) in [5, 5.41) is 0. The zero-order valence-electron chi connectivity index (χ0n) is 9.10. The molecular weight excluding hydrogens is 244 g/mol. The monoisotopic (exact) mass is 262 g/mol. The van der Waals surface area contributed by atoms with Crippen LogP contribution < -0.4 is 0 Å². The second-order valence-electron chi connectivity index (χ2n) is 3.69. The molecule has 0 aliphatic heterocycles. The predicted molar refractivity (Wildman–Crippen MR) is 60.4 cm³/mol. The van der Waals surface area contributed by atoms with Crippen LogP contribution >= 0.6 is 12.9 Å². The van der Waals surface area contributed by atoms with Crippen molar-refractivity contribution in [1.29, 1.82) is 0 Å². The highest BCUT2D eigenvalue weighted by molar-refractivity contribution is 9.23. The summed E-state index contributed by atoms with van der Waals surface area (Å²) in [5.41, 5.74) is -0.0463. The van der Waals surface area contributed by atoms with Gasteiger partial charge in [0.25, 0.3) is 0 Å². The van der Waals surface area contributed by atoms with Crippen LogP contribution in [0.5, 0.6) is 0 Å². The molecule has 0 radical (unpaired) electrons. The van der Waals surface area contributed by atoms with Gasteiger partial charge in [-0.05, 0) is 34.1 Å². The molecule has 0 aromatic heterocycles. The molecule has 0 spiro atoms. The Kier molecular flexibility index (Phi) is 8.13. The molecule has 0 N–H and O–H groups in total. The molecule has 0 aliphatic rings. The van der Waals surface area contributed by atoms with E-state index in [2.05, 4.69) is 26.7 Å². The van der Waals surface area contributed by atoms with Crippen LogP contribution in [-0.4, -0.2) is 36.7 Å². The van der Waals surface area contributed by atoms with Crippen LogP contribution in [-0.2, 0) is 9.47 Å². The van der Waals surface area contributed by atoms with Gasteiger partial charge in [-0.15, -0.1) is 4.55 Å². The highest BCUT2D eigenvalue weighted by Gasteiger charge is 2.20. The van der Waals surface area contributed by atoms with E-state index in [0.717, 1.165) is 6.42 Å². The molecule has 1 unspecified atom stereocenters. The molecule has 0 fully saturated rings. The highest BCUT2D eigenvalue weighted by Crippen LogP contribution is 2.19. The van der Waals surface area contributed by atoms with Crippen molar-refractivity contribution in [1.82, 2.24) is 0 Å². The van der Waals surface area contributed by atoms with Gasteiger partial charge in [0.15, 0.2) is 6.29 Å². The smallest absolute Gasteiger partial charge is 0.353 e. The van der Waals surface area contributed by atoms with Gasteiger partial charge in [-0.2, -0.15) is 0 Å². The second kappa shape index (κ2) is 7.46. The second-order valence-corrected chi connectivity index (χ2v) is 7.16. The zero-order chi connectivity index (χ0) is 10.3. The molecule has 0 aromatic rings. The first-order valence-corrected chi connectivity index (χ1v) is 9.77. The van der Waals surface area contributed by atoms with Crippen molar-refractivity contribution in [3.05, 3.63) is 0 Å². The Morgan fingerprint density at radius 2 is 2.08 bits per heavy atom. The maximum Gasteiger partial charge on any atom is 0.468 e. The van der Waals surface area contributed by atoms with Gasteiger partial charge in [0.1, 0.15) is 0 Å². The van der Waals surface area contributed by atoms with Crippen LogP contribution in [0.25, 0.3) is 0 Å². The summed E-state index contributed by atoms with van der Waals surface area (Å²) >= 11 is 3.53. The first kappa shape index (κ1) is 14.2. The summed E-state index contributed by atoms with van der Waals surface area (Å²) in [6.07, 6.45) is 1.03. The normalized spacial score (nSPS) is 13.9. The van der Waals surface area contributed by atoms with Crippen molar-refractivity contribution >= 4 is 31.1 Å². The molecule has 0 saturated heterocycles. The van der Waals surface area contributed by atoms with E-state index in [9.17, 15) is 0 Å². The SMILES string of the molecule is CCOC(C)OC(C)(C)C[CH2][Mg][Br]. The standard InChI is InChI=1S/C9H19O2.BrH.Mg/c1-6-9(4,5)11-8(3)10-7-2;;/h8H,1,6-7H2,2-5H3;1H;/q;;+1/p-1. The first-order valence-electron chi connectivity index (χ1n) is 4.87. The summed E-state index contributed by atoms with van der Waals surface area (Å²) in [6.45, 7) is 8.90. The number of hydrogen-bond donors (Lipinski definition) is 0. The Balaban J connectivity index is 3.71. The van der Waals surface area contributed by atoms with Crippen molar-refractivity contribution < 1.29 is 9.47 Å². The van der Waals surface area contributed by atoms with Crippen molar-refractivity contribution in [3.8, 4) is 0 Å². The number of hydrogen-bond acceptors (Lipinski definition) is 2. The van der Waals surface area contributed by atoms with Crippen LogP contribution in [0.3, 0.4) is 0 Å². The summed E-state index contributed by atoms with van der Waals surface area (Å²) in [6, 6.07) is 0. The molecule has 0 aliphatic carbocycles. The Morgan fingerprint density at radius 3 is 2.54 bits per heavy atom. The first-order chi connectivity index (χ1) is 6.02. The molecule has 0 aromatic carbocycles. The summed E-state index contributed by atoms with van der Waals surface area (Å²) in [5.74, 6) is 0. The summed E-state index contributed by atoms with van der Waals surface area (Å²) in [7, 11) is 0. The van der Waals surface area contributed by atoms with Gasteiger partial charge >= 0.3 is 18.2 Å². The van der Waals surface area contributed by atoms with E-state index < -0.39 is 0 Å². The Morgan fingerprint density at radius 1 is 1.46 bits per heavy atom. The average molecular weight is 263 g/mol. The summed E-state index contributed by atoms with van der Waals surface area (Å²) in [4.78, 5) is 0. The molecule has 4 heteroatoms. The van der Waals surface area contributed by atoms with E-state index in [1.807, 2.05) is 13.8 Å². The lowest BCUT2D eigenvalue weighted by atomic mass is 10.1. The largest absolute Gasteiger partial charge is 0.468 e. The molecule has 13 heavy (non-hydrogen) atoms. The van der Waals surface area contributed by atoms with E-state index in [4.69, 9.17) is 9.47 Å². The fraction of sp³-hybridized carbons (Fsp3) is 1.00. The van der Waals surface area contributed by atoms with Gasteiger partial charge in [0.2, 0.25) is 0 Å². The lowest BCUT2D eigenvalue weighted by Gasteiger charge is -2.29. The van der Waals surface area contributed by atoms with Gasteiger partial charge < -0.3 is 22.4 Å². The van der Waals surface area contributed by atoms with Crippen molar-refractivity contribution in [2.24, 2.45) is 0 Å². The topological polar surface area (TPSA) is 18.5 Å². The Bertz CT molecular complexity index is 131. The molecular formula is C9H19BrMgO2. The maximum atomic E-state index is 5.76. The van der Waals surface area contributed by atoms with Crippen molar-refractivity contribution in [2.45, 2.75) is 50.6 Å². The summed E-state index contributed by atoms with van der Waals surface area (Å²) < 4.78 is 12.4. The zero-order valence-corrected chi connectivity index (χ0v) is 12.1. The number of ether oxygens (including phenoxy) is 2. The fourth-order valence-electron chi connectivity index (χ4n) is 1.27. The third-order valence-corrected chi connectivity index (χ3v) is 4.10. The van der Waals surface area contributed by atoms with Crippen LogP contribution in [0.15, 0.2) is 0 Å². The van der Waals surface area contributed by atoms with Gasteiger partial charge in [-0.1, -0.05) is 0 Å². The minimum Gasteiger partial charge on any atom is -0.353 e. The van der Waals surface area contributed by atoms with Gasteiger partial charge in [-0.3, -0.25) is 0 Å². The van der Waals surface area contributed by atoms with E-state index in [1.165, 1.54) is 4.55 Å². The number of halogens is 1.